The maximum atomic E-state index is 12.2. The van der Waals surface area contributed by atoms with Gasteiger partial charge in [-0.3, -0.25) is 14.2 Å². The van der Waals surface area contributed by atoms with Gasteiger partial charge in [0.05, 0.1) is 23.3 Å². The number of hydrogen-bond acceptors (Lipinski definition) is 4. The Labute approximate surface area is 128 Å². The van der Waals surface area contributed by atoms with Crippen LogP contribution in [0.2, 0.25) is 0 Å². The van der Waals surface area contributed by atoms with Crippen LogP contribution in [-0.4, -0.2) is 33.2 Å². The van der Waals surface area contributed by atoms with E-state index in [4.69, 9.17) is 0 Å². The molecule has 1 amide bonds. The summed E-state index contributed by atoms with van der Waals surface area (Å²) >= 11 is 0. The number of nitrogens with one attached hydrogen (secondary N) is 1. The molecule has 0 spiro atoms. The minimum absolute atomic E-state index is 0.149. The largest absolute Gasteiger partial charge is 0.391 e. The lowest BCUT2D eigenvalue weighted by atomic mass is 10.2. The van der Waals surface area contributed by atoms with Gasteiger partial charge in [-0.1, -0.05) is 25.5 Å². The molecular formula is C16H21N3O3. The number of para-hydroxylation sites is 1. The van der Waals surface area contributed by atoms with Gasteiger partial charge in [0.25, 0.3) is 5.56 Å². The Kier molecular flexibility index (Phi) is 5.66. The third-order valence-electron chi connectivity index (χ3n) is 3.47. The smallest absolute Gasteiger partial charge is 0.261 e. The van der Waals surface area contributed by atoms with Crippen LogP contribution in [0.1, 0.15) is 26.2 Å². The number of nitrogens with zero attached hydrogens (tertiary/aromatic N) is 2. The van der Waals surface area contributed by atoms with Gasteiger partial charge >= 0.3 is 0 Å². The van der Waals surface area contributed by atoms with Gasteiger partial charge in [0.1, 0.15) is 0 Å². The van der Waals surface area contributed by atoms with Gasteiger partial charge in [-0.05, 0) is 18.6 Å². The Morgan fingerprint density at radius 2 is 2.18 bits per heavy atom. The predicted octanol–water partition coefficient (Wildman–Crippen LogP) is 1.06. The minimum Gasteiger partial charge on any atom is -0.391 e. The van der Waals surface area contributed by atoms with Crippen molar-refractivity contribution in [3.05, 3.63) is 40.9 Å². The molecule has 0 fully saturated rings. The maximum absolute atomic E-state index is 12.2. The Bertz CT molecular complexity index is 696. The third-order valence-corrected chi connectivity index (χ3v) is 3.47. The van der Waals surface area contributed by atoms with Crippen molar-refractivity contribution in [3.8, 4) is 0 Å². The van der Waals surface area contributed by atoms with Crippen LogP contribution in [0.15, 0.2) is 35.4 Å². The Balaban J connectivity index is 1.93. The molecule has 1 aromatic carbocycles. The summed E-state index contributed by atoms with van der Waals surface area (Å²) in [4.78, 5) is 28.2. The summed E-state index contributed by atoms with van der Waals surface area (Å²) in [6.07, 6.45) is 2.66. The Morgan fingerprint density at radius 3 is 2.95 bits per heavy atom. The van der Waals surface area contributed by atoms with E-state index in [0.29, 0.717) is 17.3 Å². The molecule has 0 aliphatic heterocycles. The van der Waals surface area contributed by atoms with Gasteiger partial charge in [0, 0.05) is 19.5 Å². The molecule has 0 saturated heterocycles. The molecular weight excluding hydrogens is 282 g/mol. The fraction of sp³-hybridized carbons (Fsp3) is 0.438. The van der Waals surface area contributed by atoms with Gasteiger partial charge in [0.15, 0.2) is 0 Å². The molecule has 6 nitrogen and oxygen atoms in total. The van der Waals surface area contributed by atoms with Crippen molar-refractivity contribution in [2.75, 3.05) is 6.54 Å². The maximum Gasteiger partial charge on any atom is 0.261 e. The number of fused-ring (bicyclic) bond motifs is 1. The average Bonchev–Trinajstić information content (AvgIpc) is 2.53. The van der Waals surface area contributed by atoms with E-state index in [1.807, 2.05) is 13.0 Å². The standard InChI is InChI=1S/C16H21N3O3/c1-2-5-12(20)10-17-15(21)8-9-19-11-18-14-7-4-3-6-13(14)16(19)22/h3-4,6-7,11-12,20H,2,5,8-10H2,1H3,(H,17,21). The van der Waals surface area contributed by atoms with Crippen molar-refractivity contribution in [2.45, 2.75) is 38.8 Å². The highest BCUT2D eigenvalue weighted by Crippen LogP contribution is 2.04. The summed E-state index contributed by atoms with van der Waals surface area (Å²) in [6.45, 7) is 2.49. The highest BCUT2D eigenvalue weighted by Gasteiger charge is 2.08. The number of aliphatic hydroxyl groups excluding tert-OH is 1. The number of benzene rings is 1. The lowest BCUT2D eigenvalue weighted by Gasteiger charge is -2.11. The first-order chi connectivity index (χ1) is 10.6. The molecule has 0 aliphatic carbocycles. The number of aromatic nitrogens is 2. The second-order valence-electron chi connectivity index (χ2n) is 5.26. The first-order valence-electron chi connectivity index (χ1n) is 7.50. The van der Waals surface area contributed by atoms with Crippen molar-refractivity contribution in [2.24, 2.45) is 0 Å². The number of amides is 1. The highest BCUT2D eigenvalue weighted by atomic mass is 16.3. The summed E-state index contributed by atoms with van der Waals surface area (Å²) in [5, 5.41) is 12.8. The fourth-order valence-electron chi connectivity index (χ4n) is 2.24. The lowest BCUT2D eigenvalue weighted by Crippen LogP contribution is -2.33. The van der Waals surface area contributed by atoms with Gasteiger partial charge in [0.2, 0.25) is 5.91 Å². The monoisotopic (exact) mass is 303 g/mol. The Morgan fingerprint density at radius 1 is 1.41 bits per heavy atom. The van der Waals surface area contributed by atoms with Crippen molar-refractivity contribution in [1.82, 2.24) is 14.9 Å². The van der Waals surface area contributed by atoms with E-state index in [1.54, 1.807) is 18.2 Å². The van der Waals surface area contributed by atoms with Crippen LogP contribution < -0.4 is 10.9 Å². The van der Waals surface area contributed by atoms with Gasteiger partial charge < -0.3 is 10.4 Å². The first kappa shape index (κ1) is 16.2. The molecule has 22 heavy (non-hydrogen) atoms. The number of hydrogen-bond donors (Lipinski definition) is 2. The molecule has 2 aromatic rings. The molecule has 6 heteroatoms. The highest BCUT2D eigenvalue weighted by molar-refractivity contribution is 5.77. The molecule has 2 rings (SSSR count). The zero-order chi connectivity index (χ0) is 15.9. The van der Waals surface area contributed by atoms with E-state index in [2.05, 4.69) is 10.3 Å². The van der Waals surface area contributed by atoms with Crippen LogP contribution in [0.5, 0.6) is 0 Å². The summed E-state index contributed by atoms with van der Waals surface area (Å²) in [5.74, 6) is -0.185. The van der Waals surface area contributed by atoms with E-state index >= 15 is 0 Å². The Hall–Kier alpha value is -2.21. The lowest BCUT2D eigenvalue weighted by molar-refractivity contribution is -0.121. The topological polar surface area (TPSA) is 84.2 Å². The minimum atomic E-state index is -0.515. The van der Waals surface area contributed by atoms with Crippen LogP contribution in [0.3, 0.4) is 0 Å². The number of carbonyl (C=O) groups is 1. The summed E-state index contributed by atoms with van der Waals surface area (Å²) in [7, 11) is 0. The molecule has 1 unspecified atom stereocenters. The summed E-state index contributed by atoms with van der Waals surface area (Å²) in [6, 6.07) is 7.12. The number of carbonyl (C=O) groups excluding carboxylic acids is 1. The molecule has 1 heterocycles. The molecule has 1 aromatic heterocycles. The predicted molar refractivity (Wildman–Crippen MR) is 84.5 cm³/mol. The second kappa shape index (κ2) is 7.70. The summed E-state index contributed by atoms with van der Waals surface area (Å²) < 4.78 is 1.43. The van der Waals surface area contributed by atoms with Crippen molar-refractivity contribution >= 4 is 16.8 Å². The average molecular weight is 303 g/mol. The van der Waals surface area contributed by atoms with Crippen LogP contribution in [0, 0.1) is 0 Å². The van der Waals surface area contributed by atoms with Crippen LogP contribution in [-0.2, 0) is 11.3 Å². The normalized spacial score (nSPS) is 12.3. The molecule has 2 N–H and O–H groups in total. The molecule has 1 atom stereocenters. The van der Waals surface area contributed by atoms with E-state index in [-0.39, 0.29) is 31.0 Å². The quantitative estimate of drug-likeness (QED) is 0.801. The zero-order valence-electron chi connectivity index (χ0n) is 12.7. The second-order valence-corrected chi connectivity index (χ2v) is 5.26. The SMILES string of the molecule is CCCC(O)CNC(=O)CCn1cnc2ccccc2c1=O. The van der Waals surface area contributed by atoms with Crippen LogP contribution in [0.25, 0.3) is 10.9 Å². The van der Waals surface area contributed by atoms with Gasteiger partial charge in [-0.2, -0.15) is 0 Å². The van der Waals surface area contributed by atoms with E-state index in [9.17, 15) is 14.7 Å². The third kappa shape index (κ3) is 4.14. The number of rotatable bonds is 7. The molecule has 118 valence electrons. The van der Waals surface area contributed by atoms with Crippen LogP contribution in [0.4, 0.5) is 0 Å². The first-order valence-corrected chi connectivity index (χ1v) is 7.50. The van der Waals surface area contributed by atoms with Crippen LogP contribution >= 0.6 is 0 Å². The number of aliphatic hydroxyl groups is 1. The summed E-state index contributed by atoms with van der Waals surface area (Å²) in [5.41, 5.74) is 0.500. The fourth-order valence-corrected chi connectivity index (χ4v) is 2.24. The van der Waals surface area contributed by atoms with E-state index < -0.39 is 6.10 Å². The molecule has 0 saturated carbocycles. The molecule has 0 bridgehead atoms. The number of aryl methyl sites for hydroxylation is 1. The van der Waals surface area contributed by atoms with Crippen molar-refractivity contribution < 1.29 is 9.90 Å². The molecule has 0 aliphatic rings. The van der Waals surface area contributed by atoms with Crippen molar-refractivity contribution in [3.63, 3.8) is 0 Å². The van der Waals surface area contributed by atoms with Gasteiger partial charge in [-0.25, -0.2) is 4.98 Å². The zero-order valence-corrected chi connectivity index (χ0v) is 12.7. The van der Waals surface area contributed by atoms with E-state index in [0.717, 1.165) is 6.42 Å². The van der Waals surface area contributed by atoms with Gasteiger partial charge in [-0.15, -0.1) is 0 Å². The van der Waals surface area contributed by atoms with E-state index in [1.165, 1.54) is 10.9 Å². The molecule has 0 radical (unpaired) electrons. The van der Waals surface area contributed by atoms with Crippen molar-refractivity contribution in [1.29, 1.82) is 0 Å².